The number of ether oxygens (including phenoxy) is 3. The standard InChI is InChI=1S/C14H18N2O4S/c1-18-11-2-4-12(5-3-11)20-10-13(17)15-14(21)16-6-8-19-9-7-16/h2-5H,6-10H2,1H3,(H,15,17,21). The number of thiocarbonyl (C=S) groups is 1. The first-order chi connectivity index (χ1) is 10.2. The number of nitrogens with one attached hydrogen (secondary N) is 1. The lowest BCUT2D eigenvalue weighted by Crippen LogP contribution is -2.48. The van der Waals surface area contributed by atoms with Gasteiger partial charge in [-0.3, -0.25) is 4.79 Å². The van der Waals surface area contributed by atoms with Crippen LogP contribution in [-0.4, -0.2) is 55.9 Å². The Morgan fingerprint density at radius 1 is 1.29 bits per heavy atom. The number of benzene rings is 1. The maximum Gasteiger partial charge on any atom is 0.264 e. The molecule has 0 radical (unpaired) electrons. The van der Waals surface area contributed by atoms with Crippen LogP contribution in [0.15, 0.2) is 24.3 Å². The number of carbonyl (C=O) groups excluding carboxylic acids is 1. The highest BCUT2D eigenvalue weighted by Crippen LogP contribution is 2.16. The summed E-state index contributed by atoms with van der Waals surface area (Å²) in [5.41, 5.74) is 0. The van der Waals surface area contributed by atoms with Crippen LogP contribution in [0.4, 0.5) is 0 Å². The Bertz CT molecular complexity index is 486. The lowest BCUT2D eigenvalue weighted by molar-refractivity contribution is -0.121. The molecular formula is C14H18N2O4S. The number of morpholine rings is 1. The highest BCUT2D eigenvalue weighted by Gasteiger charge is 2.15. The smallest absolute Gasteiger partial charge is 0.264 e. The van der Waals surface area contributed by atoms with E-state index in [4.69, 9.17) is 26.4 Å². The molecule has 1 N–H and O–H groups in total. The van der Waals surface area contributed by atoms with E-state index in [2.05, 4.69) is 5.32 Å². The van der Waals surface area contributed by atoms with E-state index in [9.17, 15) is 4.79 Å². The zero-order valence-electron chi connectivity index (χ0n) is 11.8. The van der Waals surface area contributed by atoms with Crippen molar-refractivity contribution in [1.29, 1.82) is 0 Å². The summed E-state index contributed by atoms with van der Waals surface area (Å²) in [6.45, 7) is 2.55. The van der Waals surface area contributed by atoms with Crippen molar-refractivity contribution in [3.8, 4) is 11.5 Å². The topological polar surface area (TPSA) is 60.0 Å². The van der Waals surface area contributed by atoms with Gasteiger partial charge in [0.15, 0.2) is 11.7 Å². The Labute approximate surface area is 129 Å². The van der Waals surface area contributed by atoms with Crippen LogP contribution in [0.3, 0.4) is 0 Å². The summed E-state index contributed by atoms with van der Waals surface area (Å²) in [4.78, 5) is 13.7. The predicted octanol–water partition coefficient (Wildman–Crippen LogP) is 0.807. The van der Waals surface area contributed by atoms with Crippen molar-refractivity contribution in [3.05, 3.63) is 24.3 Å². The molecule has 1 fully saturated rings. The molecule has 0 aliphatic carbocycles. The first kappa shape index (κ1) is 15.5. The van der Waals surface area contributed by atoms with Gasteiger partial charge in [0.25, 0.3) is 5.91 Å². The van der Waals surface area contributed by atoms with Gasteiger partial charge >= 0.3 is 0 Å². The second kappa shape index (κ2) is 7.80. The molecule has 0 aromatic heterocycles. The number of carbonyl (C=O) groups is 1. The molecule has 0 spiro atoms. The zero-order valence-corrected chi connectivity index (χ0v) is 12.6. The average Bonchev–Trinajstić information content (AvgIpc) is 2.54. The molecule has 1 saturated heterocycles. The summed E-state index contributed by atoms with van der Waals surface area (Å²) in [7, 11) is 1.59. The zero-order chi connectivity index (χ0) is 15.1. The molecule has 2 rings (SSSR count). The fourth-order valence-corrected chi connectivity index (χ4v) is 2.12. The predicted molar refractivity (Wildman–Crippen MR) is 81.6 cm³/mol. The molecular weight excluding hydrogens is 292 g/mol. The molecule has 1 aromatic rings. The van der Waals surface area contributed by atoms with E-state index >= 15 is 0 Å². The van der Waals surface area contributed by atoms with Crippen LogP contribution < -0.4 is 14.8 Å². The van der Waals surface area contributed by atoms with Gasteiger partial charge in [-0.1, -0.05) is 0 Å². The van der Waals surface area contributed by atoms with Gasteiger partial charge < -0.3 is 24.4 Å². The monoisotopic (exact) mass is 310 g/mol. The lowest BCUT2D eigenvalue weighted by atomic mass is 10.3. The Hall–Kier alpha value is -1.86. The summed E-state index contributed by atoms with van der Waals surface area (Å²) in [5.74, 6) is 1.06. The van der Waals surface area contributed by atoms with E-state index < -0.39 is 0 Å². The van der Waals surface area contributed by atoms with E-state index in [0.29, 0.717) is 37.2 Å². The molecule has 21 heavy (non-hydrogen) atoms. The van der Waals surface area contributed by atoms with Gasteiger partial charge in [0, 0.05) is 13.1 Å². The van der Waals surface area contributed by atoms with Crippen LogP contribution in [0, 0.1) is 0 Å². The summed E-state index contributed by atoms with van der Waals surface area (Å²) in [5, 5.41) is 3.07. The van der Waals surface area contributed by atoms with Crippen LogP contribution in [0.25, 0.3) is 0 Å². The Kier molecular flexibility index (Phi) is 5.77. The molecule has 1 heterocycles. The van der Waals surface area contributed by atoms with Crippen molar-refractivity contribution in [2.24, 2.45) is 0 Å². The van der Waals surface area contributed by atoms with Crippen LogP contribution in [0.5, 0.6) is 11.5 Å². The second-order valence-corrected chi connectivity index (χ2v) is 4.80. The molecule has 6 nitrogen and oxygen atoms in total. The third-order valence-electron chi connectivity index (χ3n) is 2.97. The van der Waals surface area contributed by atoms with Crippen molar-refractivity contribution in [2.75, 3.05) is 40.0 Å². The number of hydrogen-bond acceptors (Lipinski definition) is 5. The molecule has 7 heteroatoms. The van der Waals surface area contributed by atoms with Crippen molar-refractivity contribution in [2.45, 2.75) is 0 Å². The third-order valence-corrected chi connectivity index (χ3v) is 3.33. The minimum absolute atomic E-state index is 0.0865. The molecule has 1 aliphatic rings. The molecule has 1 amide bonds. The fourth-order valence-electron chi connectivity index (χ4n) is 1.82. The van der Waals surface area contributed by atoms with Gasteiger partial charge in [-0.15, -0.1) is 0 Å². The minimum Gasteiger partial charge on any atom is -0.497 e. The number of amides is 1. The Morgan fingerprint density at radius 3 is 2.52 bits per heavy atom. The minimum atomic E-state index is -0.276. The first-order valence-electron chi connectivity index (χ1n) is 6.62. The van der Waals surface area contributed by atoms with Gasteiger partial charge in [0.1, 0.15) is 11.5 Å². The molecule has 114 valence electrons. The average molecular weight is 310 g/mol. The quantitative estimate of drug-likeness (QED) is 0.831. The van der Waals surface area contributed by atoms with E-state index in [0.717, 1.165) is 5.75 Å². The van der Waals surface area contributed by atoms with Crippen LogP contribution in [0.1, 0.15) is 0 Å². The van der Waals surface area contributed by atoms with E-state index in [1.165, 1.54) is 0 Å². The van der Waals surface area contributed by atoms with Crippen molar-refractivity contribution in [3.63, 3.8) is 0 Å². The Balaban J connectivity index is 1.74. The number of hydrogen-bond donors (Lipinski definition) is 1. The maximum atomic E-state index is 11.8. The summed E-state index contributed by atoms with van der Waals surface area (Å²) >= 11 is 5.18. The van der Waals surface area contributed by atoms with Gasteiger partial charge in [-0.25, -0.2) is 0 Å². The highest BCUT2D eigenvalue weighted by atomic mass is 32.1. The first-order valence-corrected chi connectivity index (χ1v) is 7.03. The van der Waals surface area contributed by atoms with E-state index in [1.54, 1.807) is 31.4 Å². The Morgan fingerprint density at radius 2 is 1.90 bits per heavy atom. The van der Waals surface area contributed by atoms with Gasteiger partial charge in [0.05, 0.1) is 20.3 Å². The number of rotatable bonds is 4. The largest absolute Gasteiger partial charge is 0.497 e. The number of methoxy groups -OCH3 is 1. The second-order valence-electron chi connectivity index (χ2n) is 4.42. The van der Waals surface area contributed by atoms with Gasteiger partial charge in [-0.05, 0) is 36.5 Å². The fraction of sp³-hybridized carbons (Fsp3) is 0.429. The molecule has 0 atom stereocenters. The molecule has 1 aliphatic heterocycles. The summed E-state index contributed by atoms with van der Waals surface area (Å²) in [6.07, 6.45) is 0. The number of nitrogens with zero attached hydrogens (tertiary/aromatic N) is 1. The molecule has 0 saturated carbocycles. The van der Waals surface area contributed by atoms with E-state index in [-0.39, 0.29) is 12.5 Å². The van der Waals surface area contributed by atoms with Crippen LogP contribution >= 0.6 is 12.2 Å². The molecule has 1 aromatic carbocycles. The highest BCUT2D eigenvalue weighted by molar-refractivity contribution is 7.80. The van der Waals surface area contributed by atoms with Crippen molar-refractivity contribution >= 4 is 23.2 Å². The van der Waals surface area contributed by atoms with Crippen molar-refractivity contribution in [1.82, 2.24) is 10.2 Å². The van der Waals surface area contributed by atoms with E-state index in [1.807, 2.05) is 4.90 Å². The third kappa shape index (κ3) is 4.87. The maximum absolute atomic E-state index is 11.8. The van der Waals surface area contributed by atoms with Gasteiger partial charge in [0.2, 0.25) is 0 Å². The van der Waals surface area contributed by atoms with Crippen molar-refractivity contribution < 1.29 is 19.0 Å². The summed E-state index contributed by atoms with van der Waals surface area (Å²) < 4.78 is 15.7. The molecule has 0 unspecified atom stereocenters. The van der Waals surface area contributed by atoms with Gasteiger partial charge in [-0.2, -0.15) is 0 Å². The summed E-state index contributed by atoms with van der Waals surface area (Å²) in [6, 6.07) is 7.02. The molecule has 0 bridgehead atoms. The SMILES string of the molecule is COc1ccc(OCC(=O)NC(=S)N2CCOCC2)cc1. The van der Waals surface area contributed by atoms with Crippen LogP contribution in [-0.2, 0) is 9.53 Å². The lowest BCUT2D eigenvalue weighted by Gasteiger charge is -2.28. The van der Waals surface area contributed by atoms with Crippen LogP contribution in [0.2, 0.25) is 0 Å². The normalized spacial score (nSPS) is 14.4.